The second kappa shape index (κ2) is 5.16. The van der Waals surface area contributed by atoms with Crippen molar-refractivity contribution < 1.29 is 0 Å². The van der Waals surface area contributed by atoms with E-state index in [1.807, 2.05) is 4.68 Å². The summed E-state index contributed by atoms with van der Waals surface area (Å²) in [5.41, 5.74) is 2.26. The molecule has 2 aromatic heterocycles. The number of anilines is 1. The minimum atomic E-state index is 0.481. The molecule has 0 aliphatic heterocycles. The predicted octanol–water partition coefficient (Wildman–Crippen LogP) is 3.53. The van der Waals surface area contributed by atoms with Crippen molar-refractivity contribution in [2.45, 2.75) is 32.9 Å². The van der Waals surface area contributed by atoms with E-state index in [0.717, 1.165) is 18.7 Å². The molecule has 0 aliphatic rings. The molecule has 2 aromatic rings. The Kier molecular flexibility index (Phi) is 3.62. The number of nitrogens with zero attached hydrogens (tertiary/aromatic N) is 2. The summed E-state index contributed by atoms with van der Waals surface area (Å²) in [7, 11) is 0. The fourth-order valence-electron chi connectivity index (χ4n) is 1.46. The maximum Gasteiger partial charge on any atom is 0.0815 e. The van der Waals surface area contributed by atoms with Crippen LogP contribution in [-0.2, 0) is 6.54 Å². The molecule has 0 bridgehead atoms. The fourth-order valence-corrected chi connectivity index (χ4v) is 2.07. The average Bonchev–Trinajstić information content (AvgIpc) is 2.96. The minimum Gasteiger partial charge on any atom is -0.379 e. The van der Waals surface area contributed by atoms with E-state index in [-0.39, 0.29) is 0 Å². The Morgan fingerprint density at radius 2 is 2.38 bits per heavy atom. The van der Waals surface area contributed by atoms with Gasteiger partial charge < -0.3 is 5.32 Å². The van der Waals surface area contributed by atoms with Crippen LogP contribution in [0.15, 0.2) is 29.1 Å². The summed E-state index contributed by atoms with van der Waals surface area (Å²) >= 11 is 1.70. The number of aromatic nitrogens is 2. The number of thiophene rings is 1. The number of nitrogens with one attached hydrogen (secondary N) is 1. The highest BCUT2D eigenvalue weighted by Gasteiger charge is 2.04. The SMILES string of the molecule is CCC(C)n1ccc(CNc2ccsc2)n1. The second-order valence-corrected chi connectivity index (χ2v) is 4.69. The van der Waals surface area contributed by atoms with Gasteiger partial charge in [0, 0.05) is 23.3 Å². The van der Waals surface area contributed by atoms with Crippen LogP contribution >= 0.6 is 11.3 Å². The van der Waals surface area contributed by atoms with Crippen molar-refractivity contribution in [2.75, 3.05) is 5.32 Å². The largest absolute Gasteiger partial charge is 0.379 e. The molecule has 0 saturated heterocycles. The molecule has 0 aromatic carbocycles. The molecule has 16 heavy (non-hydrogen) atoms. The van der Waals surface area contributed by atoms with E-state index in [0.29, 0.717) is 6.04 Å². The summed E-state index contributed by atoms with van der Waals surface area (Å²) in [4.78, 5) is 0. The van der Waals surface area contributed by atoms with E-state index in [4.69, 9.17) is 0 Å². The molecule has 0 aliphatic carbocycles. The molecule has 0 saturated carbocycles. The molecule has 2 heterocycles. The highest BCUT2D eigenvalue weighted by atomic mass is 32.1. The summed E-state index contributed by atoms with van der Waals surface area (Å²) in [5.74, 6) is 0. The minimum absolute atomic E-state index is 0.481. The summed E-state index contributed by atoms with van der Waals surface area (Å²) in [6, 6.07) is 4.64. The van der Waals surface area contributed by atoms with Crippen LogP contribution < -0.4 is 5.32 Å². The van der Waals surface area contributed by atoms with E-state index in [2.05, 4.69) is 53.4 Å². The Morgan fingerprint density at radius 1 is 1.50 bits per heavy atom. The van der Waals surface area contributed by atoms with Crippen molar-refractivity contribution in [3.8, 4) is 0 Å². The van der Waals surface area contributed by atoms with Gasteiger partial charge in [0.2, 0.25) is 0 Å². The van der Waals surface area contributed by atoms with Crippen molar-refractivity contribution in [1.82, 2.24) is 9.78 Å². The van der Waals surface area contributed by atoms with Gasteiger partial charge >= 0.3 is 0 Å². The van der Waals surface area contributed by atoms with Crippen LogP contribution in [0.5, 0.6) is 0 Å². The van der Waals surface area contributed by atoms with E-state index < -0.39 is 0 Å². The normalized spacial score (nSPS) is 12.6. The van der Waals surface area contributed by atoms with Gasteiger partial charge in [-0.2, -0.15) is 16.4 Å². The lowest BCUT2D eigenvalue weighted by Crippen LogP contribution is -2.06. The Balaban J connectivity index is 1.93. The van der Waals surface area contributed by atoms with Gasteiger partial charge in [0.25, 0.3) is 0 Å². The maximum atomic E-state index is 4.54. The zero-order valence-electron chi connectivity index (χ0n) is 9.68. The van der Waals surface area contributed by atoms with Crippen LogP contribution in [0.1, 0.15) is 32.0 Å². The topological polar surface area (TPSA) is 29.9 Å². The molecular formula is C12H17N3S. The standard InChI is InChI=1S/C12H17N3S/c1-3-10(2)15-6-4-11(14-15)8-13-12-5-7-16-9-12/h4-7,9-10,13H,3,8H2,1-2H3. The van der Waals surface area contributed by atoms with Crippen molar-refractivity contribution >= 4 is 17.0 Å². The van der Waals surface area contributed by atoms with Crippen molar-refractivity contribution in [3.63, 3.8) is 0 Å². The van der Waals surface area contributed by atoms with E-state index in [1.165, 1.54) is 5.69 Å². The summed E-state index contributed by atoms with van der Waals surface area (Å²) in [6.07, 6.45) is 3.16. The first-order chi connectivity index (χ1) is 7.79. The zero-order valence-corrected chi connectivity index (χ0v) is 10.5. The van der Waals surface area contributed by atoms with E-state index in [9.17, 15) is 0 Å². The number of hydrogen-bond donors (Lipinski definition) is 1. The quantitative estimate of drug-likeness (QED) is 0.859. The third-order valence-corrected chi connectivity index (χ3v) is 3.38. The lowest BCUT2D eigenvalue weighted by atomic mass is 10.3. The Hall–Kier alpha value is -1.29. The lowest BCUT2D eigenvalue weighted by molar-refractivity contribution is 0.474. The molecule has 2 rings (SSSR count). The van der Waals surface area contributed by atoms with Crippen LogP contribution in [0.3, 0.4) is 0 Å². The van der Waals surface area contributed by atoms with Crippen LogP contribution in [0.2, 0.25) is 0 Å². The van der Waals surface area contributed by atoms with Crippen LogP contribution in [0, 0.1) is 0 Å². The molecule has 3 nitrogen and oxygen atoms in total. The molecule has 1 atom stereocenters. The summed E-state index contributed by atoms with van der Waals surface area (Å²) in [6.45, 7) is 5.15. The fraction of sp³-hybridized carbons (Fsp3) is 0.417. The Labute approximate surface area is 100 Å². The molecule has 86 valence electrons. The maximum absolute atomic E-state index is 4.54. The molecule has 0 spiro atoms. The monoisotopic (exact) mass is 235 g/mol. The average molecular weight is 235 g/mol. The van der Waals surface area contributed by atoms with Gasteiger partial charge in [-0.1, -0.05) is 6.92 Å². The summed E-state index contributed by atoms with van der Waals surface area (Å²) in [5, 5.41) is 12.1. The molecule has 4 heteroatoms. The number of hydrogen-bond acceptors (Lipinski definition) is 3. The molecular weight excluding hydrogens is 218 g/mol. The highest BCUT2D eigenvalue weighted by molar-refractivity contribution is 7.08. The highest BCUT2D eigenvalue weighted by Crippen LogP contribution is 2.14. The first-order valence-corrected chi connectivity index (χ1v) is 6.54. The van der Waals surface area contributed by atoms with Crippen LogP contribution in [0.25, 0.3) is 0 Å². The molecule has 0 amide bonds. The van der Waals surface area contributed by atoms with Crippen LogP contribution in [-0.4, -0.2) is 9.78 Å². The summed E-state index contributed by atoms with van der Waals surface area (Å²) < 4.78 is 2.03. The Morgan fingerprint density at radius 3 is 3.06 bits per heavy atom. The molecule has 0 fully saturated rings. The van der Waals surface area contributed by atoms with Gasteiger partial charge in [0.15, 0.2) is 0 Å². The third-order valence-electron chi connectivity index (χ3n) is 2.70. The zero-order chi connectivity index (χ0) is 11.4. The van der Waals surface area contributed by atoms with Crippen molar-refractivity contribution in [3.05, 3.63) is 34.8 Å². The lowest BCUT2D eigenvalue weighted by Gasteiger charge is -2.08. The van der Waals surface area contributed by atoms with Crippen molar-refractivity contribution in [2.24, 2.45) is 0 Å². The smallest absolute Gasteiger partial charge is 0.0815 e. The van der Waals surface area contributed by atoms with E-state index in [1.54, 1.807) is 11.3 Å². The Bertz CT molecular complexity index is 419. The number of rotatable bonds is 5. The molecule has 0 radical (unpaired) electrons. The molecule has 1 unspecified atom stereocenters. The van der Waals surface area contributed by atoms with Gasteiger partial charge in [0.05, 0.1) is 12.2 Å². The van der Waals surface area contributed by atoms with Gasteiger partial charge in [-0.25, -0.2) is 0 Å². The van der Waals surface area contributed by atoms with Crippen LogP contribution in [0.4, 0.5) is 5.69 Å². The molecule has 1 N–H and O–H groups in total. The van der Waals surface area contributed by atoms with Crippen molar-refractivity contribution in [1.29, 1.82) is 0 Å². The van der Waals surface area contributed by atoms with Gasteiger partial charge in [-0.3, -0.25) is 4.68 Å². The van der Waals surface area contributed by atoms with E-state index >= 15 is 0 Å². The predicted molar refractivity (Wildman–Crippen MR) is 68.9 cm³/mol. The third kappa shape index (κ3) is 2.64. The van der Waals surface area contributed by atoms with Gasteiger partial charge in [-0.05, 0) is 30.9 Å². The first-order valence-electron chi connectivity index (χ1n) is 5.59. The van der Waals surface area contributed by atoms with Gasteiger partial charge in [-0.15, -0.1) is 0 Å². The first kappa shape index (κ1) is 11.2. The van der Waals surface area contributed by atoms with Gasteiger partial charge in [0.1, 0.15) is 0 Å². The second-order valence-electron chi connectivity index (χ2n) is 3.91.